The Morgan fingerprint density at radius 3 is 2.67 bits per heavy atom. The zero-order chi connectivity index (χ0) is 15.2. The summed E-state index contributed by atoms with van der Waals surface area (Å²) in [6.07, 6.45) is 4.85. The number of fused-ring (bicyclic) bond motifs is 1. The summed E-state index contributed by atoms with van der Waals surface area (Å²) in [6, 6.07) is 6.60. The van der Waals surface area contributed by atoms with Gasteiger partial charge < -0.3 is 14.8 Å². The molecule has 0 saturated carbocycles. The predicted octanol–water partition coefficient (Wildman–Crippen LogP) is 4.32. The number of benzene rings is 1. The standard InChI is InChI=1S/C18H29NO2/c1-5-10-19-16-12-17(13(6-2)7-3)21-18-11-14(20-4)8-9-15(16)18/h8-9,11,13,16-17,19H,5-7,10,12H2,1-4H3. The Bertz CT molecular complexity index is 443. The zero-order valence-corrected chi connectivity index (χ0v) is 13.8. The molecule has 0 saturated heterocycles. The Morgan fingerprint density at radius 1 is 1.29 bits per heavy atom. The molecular formula is C18H29NO2. The van der Waals surface area contributed by atoms with Crippen molar-refractivity contribution in [2.75, 3.05) is 13.7 Å². The van der Waals surface area contributed by atoms with Crippen molar-refractivity contribution in [1.82, 2.24) is 5.32 Å². The summed E-state index contributed by atoms with van der Waals surface area (Å²) >= 11 is 0. The number of nitrogens with one attached hydrogen (secondary N) is 1. The van der Waals surface area contributed by atoms with Gasteiger partial charge in [-0.3, -0.25) is 0 Å². The molecule has 1 aromatic carbocycles. The van der Waals surface area contributed by atoms with Gasteiger partial charge in [0.25, 0.3) is 0 Å². The second-order valence-corrected chi connectivity index (χ2v) is 5.88. The molecule has 0 aliphatic carbocycles. The highest BCUT2D eigenvalue weighted by molar-refractivity contribution is 5.44. The minimum atomic E-state index is 0.300. The Morgan fingerprint density at radius 2 is 2.05 bits per heavy atom. The Balaban J connectivity index is 2.26. The van der Waals surface area contributed by atoms with Crippen molar-refractivity contribution in [1.29, 1.82) is 0 Å². The van der Waals surface area contributed by atoms with Crippen molar-refractivity contribution in [3.05, 3.63) is 23.8 Å². The first-order valence-corrected chi connectivity index (χ1v) is 8.31. The van der Waals surface area contributed by atoms with Crippen LogP contribution in [0, 0.1) is 5.92 Å². The molecule has 1 heterocycles. The van der Waals surface area contributed by atoms with Crippen molar-refractivity contribution in [3.63, 3.8) is 0 Å². The molecule has 2 rings (SSSR count). The Kier molecular flexibility index (Phi) is 5.92. The van der Waals surface area contributed by atoms with Gasteiger partial charge in [0, 0.05) is 24.1 Å². The molecule has 21 heavy (non-hydrogen) atoms. The second-order valence-electron chi connectivity index (χ2n) is 5.88. The van der Waals surface area contributed by atoms with Gasteiger partial charge in [0.05, 0.1) is 7.11 Å². The lowest BCUT2D eigenvalue weighted by molar-refractivity contribution is 0.0876. The number of methoxy groups -OCH3 is 1. The van der Waals surface area contributed by atoms with Gasteiger partial charge in [0.1, 0.15) is 17.6 Å². The highest BCUT2D eigenvalue weighted by atomic mass is 16.5. The molecule has 0 radical (unpaired) electrons. The van der Waals surface area contributed by atoms with Gasteiger partial charge in [0.15, 0.2) is 0 Å². The summed E-state index contributed by atoms with van der Waals surface area (Å²) in [7, 11) is 1.70. The van der Waals surface area contributed by atoms with Crippen LogP contribution < -0.4 is 14.8 Å². The van der Waals surface area contributed by atoms with E-state index in [4.69, 9.17) is 9.47 Å². The molecule has 0 aromatic heterocycles. The third-order valence-electron chi connectivity index (χ3n) is 4.56. The number of hydrogen-bond donors (Lipinski definition) is 1. The molecule has 1 N–H and O–H groups in total. The smallest absolute Gasteiger partial charge is 0.128 e. The third kappa shape index (κ3) is 3.70. The minimum Gasteiger partial charge on any atom is -0.497 e. The zero-order valence-electron chi connectivity index (χ0n) is 13.8. The molecule has 2 atom stereocenters. The van der Waals surface area contributed by atoms with E-state index in [9.17, 15) is 0 Å². The molecule has 0 amide bonds. The molecule has 0 fully saturated rings. The second kappa shape index (κ2) is 7.69. The minimum absolute atomic E-state index is 0.300. The molecule has 1 aliphatic heterocycles. The van der Waals surface area contributed by atoms with Gasteiger partial charge in [-0.25, -0.2) is 0 Å². The van der Waals surface area contributed by atoms with Gasteiger partial charge in [-0.05, 0) is 37.8 Å². The maximum absolute atomic E-state index is 6.31. The quantitative estimate of drug-likeness (QED) is 0.811. The molecule has 3 heteroatoms. The Hall–Kier alpha value is -1.22. The summed E-state index contributed by atoms with van der Waals surface area (Å²) in [4.78, 5) is 0. The van der Waals surface area contributed by atoms with Crippen LogP contribution >= 0.6 is 0 Å². The fraction of sp³-hybridized carbons (Fsp3) is 0.667. The largest absolute Gasteiger partial charge is 0.497 e. The molecule has 1 aliphatic rings. The first kappa shape index (κ1) is 16.2. The lowest BCUT2D eigenvalue weighted by Crippen LogP contribution is -2.37. The summed E-state index contributed by atoms with van der Waals surface area (Å²) < 4.78 is 11.7. The van der Waals surface area contributed by atoms with Crippen LogP contribution in [0.1, 0.15) is 58.1 Å². The molecule has 0 bridgehead atoms. The summed E-state index contributed by atoms with van der Waals surface area (Å²) in [5, 5.41) is 3.68. The maximum atomic E-state index is 6.31. The van der Waals surface area contributed by atoms with E-state index >= 15 is 0 Å². The van der Waals surface area contributed by atoms with Gasteiger partial charge in [-0.1, -0.05) is 26.8 Å². The van der Waals surface area contributed by atoms with E-state index in [0.29, 0.717) is 18.1 Å². The van der Waals surface area contributed by atoms with E-state index in [0.717, 1.165) is 30.9 Å². The van der Waals surface area contributed by atoms with Crippen molar-refractivity contribution in [3.8, 4) is 11.5 Å². The van der Waals surface area contributed by atoms with Gasteiger partial charge in [-0.15, -0.1) is 0 Å². The van der Waals surface area contributed by atoms with Crippen LogP contribution in [-0.4, -0.2) is 19.8 Å². The summed E-state index contributed by atoms with van der Waals surface area (Å²) in [5.41, 5.74) is 1.27. The maximum Gasteiger partial charge on any atom is 0.128 e. The van der Waals surface area contributed by atoms with Crippen LogP contribution in [0.25, 0.3) is 0 Å². The summed E-state index contributed by atoms with van der Waals surface area (Å²) in [6.45, 7) is 7.77. The van der Waals surface area contributed by atoms with E-state index in [1.54, 1.807) is 7.11 Å². The van der Waals surface area contributed by atoms with E-state index < -0.39 is 0 Å². The first-order valence-electron chi connectivity index (χ1n) is 8.31. The highest BCUT2D eigenvalue weighted by Crippen LogP contribution is 2.40. The molecule has 118 valence electrons. The van der Waals surface area contributed by atoms with Crippen molar-refractivity contribution in [2.24, 2.45) is 5.92 Å². The molecule has 1 aromatic rings. The number of hydrogen-bond acceptors (Lipinski definition) is 3. The number of ether oxygens (including phenoxy) is 2. The highest BCUT2D eigenvalue weighted by Gasteiger charge is 2.31. The van der Waals surface area contributed by atoms with Crippen LogP contribution in [0.3, 0.4) is 0 Å². The van der Waals surface area contributed by atoms with Crippen LogP contribution in [0.5, 0.6) is 11.5 Å². The van der Waals surface area contributed by atoms with E-state index in [1.807, 2.05) is 12.1 Å². The Labute approximate surface area is 129 Å². The fourth-order valence-corrected chi connectivity index (χ4v) is 3.22. The summed E-state index contributed by atoms with van der Waals surface area (Å²) in [5.74, 6) is 2.48. The monoisotopic (exact) mass is 291 g/mol. The van der Waals surface area contributed by atoms with Crippen LogP contribution in [0.15, 0.2) is 18.2 Å². The first-order chi connectivity index (χ1) is 10.2. The SMILES string of the molecule is CCCNC1CC(C(CC)CC)Oc2cc(OC)ccc21. The van der Waals surface area contributed by atoms with Crippen LogP contribution in [0.2, 0.25) is 0 Å². The molecular weight excluding hydrogens is 262 g/mol. The van der Waals surface area contributed by atoms with Gasteiger partial charge in [-0.2, -0.15) is 0 Å². The van der Waals surface area contributed by atoms with Crippen molar-refractivity contribution in [2.45, 2.75) is 58.6 Å². The topological polar surface area (TPSA) is 30.5 Å². The lowest BCUT2D eigenvalue weighted by Gasteiger charge is -2.36. The predicted molar refractivity (Wildman–Crippen MR) is 87.1 cm³/mol. The van der Waals surface area contributed by atoms with Gasteiger partial charge >= 0.3 is 0 Å². The lowest BCUT2D eigenvalue weighted by atomic mass is 9.87. The van der Waals surface area contributed by atoms with E-state index in [-0.39, 0.29) is 0 Å². The average molecular weight is 291 g/mol. The van der Waals surface area contributed by atoms with E-state index in [1.165, 1.54) is 18.4 Å². The van der Waals surface area contributed by atoms with Crippen molar-refractivity contribution >= 4 is 0 Å². The van der Waals surface area contributed by atoms with Crippen LogP contribution in [0.4, 0.5) is 0 Å². The third-order valence-corrected chi connectivity index (χ3v) is 4.56. The molecule has 2 unspecified atom stereocenters. The average Bonchev–Trinajstić information content (AvgIpc) is 2.53. The fourth-order valence-electron chi connectivity index (χ4n) is 3.22. The number of rotatable bonds is 7. The molecule has 0 spiro atoms. The van der Waals surface area contributed by atoms with Crippen molar-refractivity contribution < 1.29 is 9.47 Å². The van der Waals surface area contributed by atoms with Gasteiger partial charge in [0.2, 0.25) is 0 Å². The van der Waals surface area contributed by atoms with Crippen LogP contribution in [-0.2, 0) is 0 Å². The van der Waals surface area contributed by atoms with E-state index in [2.05, 4.69) is 32.2 Å². The normalized spacial score (nSPS) is 21.0. The molecule has 3 nitrogen and oxygen atoms in total.